The zero-order valence-electron chi connectivity index (χ0n) is 7.15. The third-order valence-electron chi connectivity index (χ3n) is 1.49. The highest BCUT2D eigenvalue weighted by Crippen LogP contribution is 2.09. The largest absolute Gasteiger partial charge is 0.405 e. The van der Waals surface area contributed by atoms with Crippen LogP contribution in [0.2, 0.25) is 5.02 Å². The van der Waals surface area contributed by atoms with Crippen molar-refractivity contribution in [3.05, 3.63) is 47.1 Å². The standard InChI is InChI=1S/C10H11ClN2/c11-10-4-2-9(3-5-10)8-13-7-1-6-12/h1-7H,8,12H2. The SMILES string of the molecule is NC=CC=NCc1ccc(Cl)cc1. The molecule has 0 aromatic heterocycles. The Labute approximate surface area is 82.7 Å². The first kappa shape index (κ1) is 9.81. The lowest BCUT2D eigenvalue weighted by Gasteiger charge is -1.94. The molecule has 0 saturated carbocycles. The first-order chi connectivity index (χ1) is 6.33. The Balaban J connectivity index is 2.50. The van der Waals surface area contributed by atoms with Gasteiger partial charge in [-0.05, 0) is 30.0 Å². The van der Waals surface area contributed by atoms with E-state index in [4.69, 9.17) is 17.3 Å². The molecular formula is C10H11ClN2. The molecule has 0 bridgehead atoms. The quantitative estimate of drug-likeness (QED) is 0.738. The van der Waals surface area contributed by atoms with E-state index < -0.39 is 0 Å². The highest BCUT2D eigenvalue weighted by Gasteiger charge is 1.89. The van der Waals surface area contributed by atoms with E-state index in [0.29, 0.717) is 6.54 Å². The zero-order chi connectivity index (χ0) is 9.52. The predicted octanol–water partition coefficient (Wildman–Crippen LogP) is 2.38. The first-order valence-corrected chi connectivity index (χ1v) is 4.32. The summed E-state index contributed by atoms with van der Waals surface area (Å²) >= 11 is 5.73. The average molecular weight is 195 g/mol. The van der Waals surface area contributed by atoms with Gasteiger partial charge in [0.1, 0.15) is 0 Å². The van der Waals surface area contributed by atoms with E-state index in [2.05, 4.69) is 4.99 Å². The molecular weight excluding hydrogens is 184 g/mol. The van der Waals surface area contributed by atoms with Gasteiger partial charge in [0.2, 0.25) is 0 Å². The Hall–Kier alpha value is -1.28. The topological polar surface area (TPSA) is 38.4 Å². The smallest absolute Gasteiger partial charge is 0.0639 e. The number of nitrogens with zero attached hydrogens (tertiary/aromatic N) is 1. The van der Waals surface area contributed by atoms with Crippen molar-refractivity contribution in [1.29, 1.82) is 0 Å². The van der Waals surface area contributed by atoms with E-state index in [1.165, 1.54) is 6.20 Å². The number of hydrogen-bond acceptors (Lipinski definition) is 2. The van der Waals surface area contributed by atoms with Gasteiger partial charge in [0.05, 0.1) is 6.54 Å². The van der Waals surface area contributed by atoms with Crippen molar-refractivity contribution in [2.45, 2.75) is 6.54 Å². The highest BCUT2D eigenvalue weighted by atomic mass is 35.5. The lowest BCUT2D eigenvalue weighted by molar-refractivity contribution is 1.08. The lowest BCUT2D eigenvalue weighted by atomic mass is 10.2. The number of nitrogens with two attached hydrogens (primary N) is 1. The number of allylic oxidation sites excluding steroid dienone is 1. The van der Waals surface area contributed by atoms with Crippen LogP contribution in [0.1, 0.15) is 5.56 Å². The summed E-state index contributed by atoms with van der Waals surface area (Å²) in [7, 11) is 0. The molecule has 0 aliphatic carbocycles. The van der Waals surface area contributed by atoms with Crippen molar-refractivity contribution < 1.29 is 0 Å². The van der Waals surface area contributed by atoms with Gasteiger partial charge in [-0.25, -0.2) is 0 Å². The van der Waals surface area contributed by atoms with Gasteiger partial charge in [-0.3, -0.25) is 4.99 Å². The predicted molar refractivity (Wildman–Crippen MR) is 57.0 cm³/mol. The minimum Gasteiger partial charge on any atom is -0.405 e. The van der Waals surface area contributed by atoms with Gasteiger partial charge in [0.15, 0.2) is 0 Å². The molecule has 0 fully saturated rings. The second kappa shape index (κ2) is 5.38. The van der Waals surface area contributed by atoms with Crippen molar-refractivity contribution in [2.24, 2.45) is 10.7 Å². The normalized spacial score (nSPS) is 11.5. The van der Waals surface area contributed by atoms with Gasteiger partial charge in [0, 0.05) is 11.2 Å². The number of benzene rings is 1. The van der Waals surface area contributed by atoms with Gasteiger partial charge in [-0.2, -0.15) is 0 Å². The van der Waals surface area contributed by atoms with Gasteiger partial charge in [0.25, 0.3) is 0 Å². The summed E-state index contributed by atoms with van der Waals surface area (Å²) in [5, 5.41) is 0.745. The summed E-state index contributed by atoms with van der Waals surface area (Å²) in [5.41, 5.74) is 6.27. The first-order valence-electron chi connectivity index (χ1n) is 3.94. The molecule has 0 unspecified atom stereocenters. The Bertz CT molecular complexity index is 301. The fraction of sp³-hybridized carbons (Fsp3) is 0.100. The summed E-state index contributed by atoms with van der Waals surface area (Å²) in [5.74, 6) is 0. The van der Waals surface area contributed by atoms with Gasteiger partial charge >= 0.3 is 0 Å². The minimum absolute atomic E-state index is 0.654. The second-order valence-corrected chi connectivity index (χ2v) is 2.94. The van der Waals surface area contributed by atoms with Crippen LogP contribution in [0.15, 0.2) is 41.5 Å². The maximum atomic E-state index is 5.73. The molecule has 0 heterocycles. The van der Waals surface area contributed by atoms with Gasteiger partial charge in [-0.15, -0.1) is 0 Å². The molecule has 1 rings (SSSR count). The minimum atomic E-state index is 0.654. The Kier molecular flexibility index (Phi) is 4.06. The molecule has 0 aliphatic rings. The van der Waals surface area contributed by atoms with Gasteiger partial charge in [-0.1, -0.05) is 23.7 Å². The van der Waals surface area contributed by atoms with Crippen molar-refractivity contribution in [2.75, 3.05) is 0 Å². The molecule has 0 spiro atoms. The lowest BCUT2D eigenvalue weighted by Crippen LogP contribution is -1.81. The molecule has 0 aliphatic heterocycles. The summed E-state index contributed by atoms with van der Waals surface area (Å²) in [6, 6.07) is 7.61. The van der Waals surface area contributed by atoms with E-state index in [-0.39, 0.29) is 0 Å². The Morgan fingerprint density at radius 2 is 2.00 bits per heavy atom. The molecule has 0 radical (unpaired) electrons. The van der Waals surface area contributed by atoms with E-state index in [9.17, 15) is 0 Å². The zero-order valence-corrected chi connectivity index (χ0v) is 7.91. The van der Waals surface area contributed by atoms with Crippen LogP contribution >= 0.6 is 11.6 Å². The molecule has 0 amide bonds. The number of aliphatic imine (C=N–C) groups is 1. The Morgan fingerprint density at radius 1 is 1.31 bits per heavy atom. The summed E-state index contributed by atoms with van der Waals surface area (Å²) in [6.07, 6.45) is 4.82. The maximum absolute atomic E-state index is 5.73. The van der Waals surface area contributed by atoms with Crippen LogP contribution < -0.4 is 5.73 Å². The van der Waals surface area contributed by atoms with Crippen LogP contribution in [0.5, 0.6) is 0 Å². The van der Waals surface area contributed by atoms with Crippen LogP contribution in [-0.2, 0) is 6.54 Å². The summed E-state index contributed by atoms with van der Waals surface area (Å²) in [4.78, 5) is 4.13. The number of halogens is 1. The highest BCUT2D eigenvalue weighted by molar-refractivity contribution is 6.30. The van der Waals surface area contributed by atoms with Crippen LogP contribution in [-0.4, -0.2) is 6.21 Å². The molecule has 0 atom stereocenters. The molecule has 2 N–H and O–H groups in total. The van der Waals surface area contributed by atoms with Gasteiger partial charge < -0.3 is 5.73 Å². The van der Waals surface area contributed by atoms with E-state index in [0.717, 1.165) is 10.6 Å². The molecule has 13 heavy (non-hydrogen) atoms. The average Bonchev–Trinajstić information content (AvgIpc) is 2.15. The number of rotatable bonds is 3. The molecule has 1 aromatic rings. The fourth-order valence-electron chi connectivity index (χ4n) is 0.858. The van der Waals surface area contributed by atoms with Crippen molar-refractivity contribution in [3.63, 3.8) is 0 Å². The van der Waals surface area contributed by atoms with Crippen LogP contribution in [0.4, 0.5) is 0 Å². The molecule has 2 nitrogen and oxygen atoms in total. The van der Waals surface area contributed by atoms with E-state index in [1.807, 2.05) is 24.3 Å². The van der Waals surface area contributed by atoms with Crippen molar-refractivity contribution >= 4 is 17.8 Å². The molecule has 3 heteroatoms. The molecule has 68 valence electrons. The van der Waals surface area contributed by atoms with Crippen molar-refractivity contribution in [3.8, 4) is 0 Å². The Morgan fingerprint density at radius 3 is 2.62 bits per heavy atom. The molecule has 1 aromatic carbocycles. The molecule has 0 saturated heterocycles. The third-order valence-corrected chi connectivity index (χ3v) is 1.74. The third kappa shape index (κ3) is 3.76. The fourth-order valence-corrected chi connectivity index (χ4v) is 0.984. The number of hydrogen-bond donors (Lipinski definition) is 1. The monoisotopic (exact) mass is 194 g/mol. The van der Waals surface area contributed by atoms with E-state index in [1.54, 1.807) is 12.3 Å². The van der Waals surface area contributed by atoms with Crippen LogP contribution in [0, 0.1) is 0 Å². The second-order valence-electron chi connectivity index (χ2n) is 2.50. The maximum Gasteiger partial charge on any atom is 0.0639 e. The summed E-state index contributed by atoms with van der Waals surface area (Å²) in [6.45, 7) is 0.654. The summed E-state index contributed by atoms with van der Waals surface area (Å²) < 4.78 is 0. The van der Waals surface area contributed by atoms with Crippen molar-refractivity contribution in [1.82, 2.24) is 0 Å². The van der Waals surface area contributed by atoms with Crippen LogP contribution in [0.3, 0.4) is 0 Å². The van der Waals surface area contributed by atoms with Crippen LogP contribution in [0.25, 0.3) is 0 Å². The van der Waals surface area contributed by atoms with E-state index >= 15 is 0 Å².